The summed E-state index contributed by atoms with van der Waals surface area (Å²) in [7, 11) is 0. The molecule has 0 amide bonds. The topological polar surface area (TPSA) is 24.1 Å². The molecule has 15 heavy (non-hydrogen) atoms. The monoisotopic (exact) mass is 210 g/mol. The Bertz CT molecular complexity index is 203. The molecular formula is C13H26N2. The average Bonchev–Trinajstić information content (AvgIpc) is 2.49. The van der Waals surface area contributed by atoms with E-state index in [1.807, 2.05) is 0 Å². The van der Waals surface area contributed by atoms with Crippen molar-refractivity contribution in [1.82, 2.24) is 10.6 Å². The summed E-state index contributed by atoms with van der Waals surface area (Å²) in [5.74, 6) is 0. The first-order chi connectivity index (χ1) is 6.99. The van der Waals surface area contributed by atoms with Gasteiger partial charge in [-0.25, -0.2) is 0 Å². The predicted octanol–water partition coefficient (Wildman–Crippen LogP) is 2.15. The van der Waals surface area contributed by atoms with Crippen LogP contribution >= 0.6 is 0 Å². The van der Waals surface area contributed by atoms with Gasteiger partial charge in [-0.05, 0) is 49.6 Å². The minimum atomic E-state index is 0.476. The highest BCUT2D eigenvalue weighted by atomic mass is 15.0. The zero-order valence-corrected chi connectivity index (χ0v) is 10.5. The summed E-state index contributed by atoms with van der Waals surface area (Å²) in [5.41, 5.74) is 1.17. The molecule has 0 aromatic carbocycles. The Hall–Kier alpha value is -0.0800. The summed E-state index contributed by atoms with van der Waals surface area (Å²) < 4.78 is 0. The Labute approximate surface area is 94.2 Å². The SMILES string of the molecule is CC(C)(C)CCNC1CC2(CCNC2)C1. The molecule has 1 saturated carbocycles. The van der Waals surface area contributed by atoms with Crippen molar-refractivity contribution in [3.63, 3.8) is 0 Å². The van der Waals surface area contributed by atoms with Gasteiger partial charge in [0.25, 0.3) is 0 Å². The molecule has 0 unspecified atom stereocenters. The lowest BCUT2D eigenvalue weighted by atomic mass is 9.65. The van der Waals surface area contributed by atoms with Crippen molar-refractivity contribution in [2.24, 2.45) is 10.8 Å². The normalized spacial score (nSPS) is 35.8. The Morgan fingerprint density at radius 2 is 2.07 bits per heavy atom. The molecule has 2 nitrogen and oxygen atoms in total. The molecular weight excluding hydrogens is 184 g/mol. The Morgan fingerprint density at radius 3 is 2.60 bits per heavy atom. The highest BCUT2D eigenvalue weighted by molar-refractivity contribution is 5.01. The third kappa shape index (κ3) is 2.94. The minimum Gasteiger partial charge on any atom is -0.316 e. The molecule has 1 saturated heterocycles. The standard InChI is InChI=1S/C13H26N2/c1-12(2,3)4-7-15-11-8-13(9-11)5-6-14-10-13/h11,14-15H,4-10H2,1-3H3. The number of hydrogen-bond acceptors (Lipinski definition) is 2. The van der Waals surface area contributed by atoms with Gasteiger partial charge in [0.2, 0.25) is 0 Å². The highest BCUT2D eigenvalue weighted by Gasteiger charge is 2.45. The molecule has 1 aliphatic heterocycles. The van der Waals surface area contributed by atoms with Crippen molar-refractivity contribution in [2.75, 3.05) is 19.6 Å². The molecule has 0 aromatic heterocycles. The van der Waals surface area contributed by atoms with E-state index >= 15 is 0 Å². The van der Waals surface area contributed by atoms with Crippen molar-refractivity contribution >= 4 is 0 Å². The van der Waals surface area contributed by atoms with Crippen molar-refractivity contribution in [2.45, 2.75) is 52.5 Å². The first kappa shape index (κ1) is 11.4. The lowest BCUT2D eigenvalue weighted by Crippen LogP contribution is -2.50. The second-order valence-corrected chi connectivity index (χ2v) is 6.80. The van der Waals surface area contributed by atoms with E-state index in [9.17, 15) is 0 Å². The average molecular weight is 210 g/mol. The largest absolute Gasteiger partial charge is 0.316 e. The summed E-state index contributed by atoms with van der Waals surface area (Å²) >= 11 is 0. The molecule has 2 aliphatic rings. The first-order valence-corrected chi connectivity index (χ1v) is 6.43. The van der Waals surface area contributed by atoms with Crippen LogP contribution in [-0.2, 0) is 0 Å². The molecule has 1 heterocycles. The van der Waals surface area contributed by atoms with Crippen LogP contribution in [-0.4, -0.2) is 25.7 Å². The van der Waals surface area contributed by atoms with Crippen molar-refractivity contribution in [3.8, 4) is 0 Å². The van der Waals surface area contributed by atoms with Crippen LogP contribution in [0.3, 0.4) is 0 Å². The van der Waals surface area contributed by atoms with E-state index < -0.39 is 0 Å². The fraction of sp³-hybridized carbons (Fsp3) is 1.00. The van der Waals surface area contributed by atoms with Crippen molar-refractivity contribution < 1.29 is 0 Å². The van der Waals surface area contributed by atoms with Crippen LogP contribution < -0.4 is 10.6 Å². The van der Waals surface area contributed by atoms with Crippen molar-refractivity contribution in [1.29, 1.82) is 0 Å². The molecule has 2 heteroatoms. The second-order valence-electron chi connectivity index (χ2n) is 6.80. The molecule has 88 valence electrons. The predicted molar refractivity (Wildman–Crippen MR) is 65.0 cm³/mol. The molecule has 2 fully saturated rings. The Morgan fingerprint density at radius 1 is 1.33 bits per heavy atom. The van der Waals surface area contributed by atoms with Gasteiger partial charge >= 0.3 is 0 Å². The van der Waals surface area contributed by atoms with Crippen LogP contribution in [0.15, 0.2) is 0 Å². The maximum absolute atomic E-state index is 3.70. The summed E-state index contributed by atoms with van der Waals surface area (Å²) in [6.45, 7) is 10.7. The van der Waals surface area contributed by atoms with Gasteiger partial charge in [0.15, 0.2) is 0 Å². The summed E-state index contributed by atoms with van der Waals surface area (Å²) in [4.78, 5) is 0. The van der Waals surface area contributed by atoms with Crippen LogP contribution in [0.5, 0.6) is 0 Å². The summed E-state index contributed by atoms with van der Waals surface area (Å²) in [6, 6.07) is 0.812. The zero-order chi connectivity index (χ0) is 10.9. The fourth-order valence-corrected chi connectivity index (χ4v) is 2.93. The van der Waals surface area contributed by atoms with Gasteiger partial charge in [0, 0.05) is 12.6 Å². The van der Waals surface area contributed by atoms with Gasteiger partial charge in [0.1, 0.15) is 0 Å². The third-order valence-corrected chi connectivity index (χ3v) is 4.00. The van der Waals surface area contributed by atoms with E-state index in [1.54, 1.807) is 0 Å². The summed E-state index contributed by atoms with van der Waals surface area (Å²) in [5, 5.41) is 7.19. The lowest BCUT2D eigenvalue weighted by molar-refractivity contribution is 0.103. The van der Waals surface area contributed by atoms with E-state index in [-0.39, 0.29) is 0 Å². The molecule has 2 rings (SSSR count). The number of nitrogens with one attached hydrogen (secondary N) is 2. The quantitative estimate of drug-likeness (QED) is 0.746. The van der Waals surface area contributed by atoms with Crippen LogP contribution in [0.25, 0.3) is 0 Å². The third-order valence-electron chi connectivity index (χ3n) is 4.00. The van der Waals surface area contributed by atoms with Crippen molar-refractivity contribution in [3.05, 3.63) is 0 Å². The van der Waals surface area contributed by atoms with E-state index in [2.05, 4.69) is 31.4 Å². The van der Waals surface area contributed by atoms with Crippen LogP contribution in [0.1, 0.15) is 46.5 Å². The molecule has 0 radical (unpaired) electrons. The molecule has 2 N–H and O–H groups in total. The number of hydrogen-bond donors (Lipinski definition) is 2. The first-order valence-electron chi connectivity index (χ1n) is 6.43. The Kier molecular flexibility index (Phi) is 3.09. The Balaban J connectivity index is 1.60. The van der Waals surface area contributed by atoms with Gasteiger partial charge in [-0.1, -0.05) is 20.8 Å². The zero-order valence-electron chi connectivity index (χ0n) is 10.5. The van der Waals surface area contributed by atoms with Gasteiger partial charge in [-0.2, -0.15) is 0 Å². The van der Waals surface area contributed by atoms with Gasteiger partial charge < -0.3 is 10.6 Å². The van der Waals surface area contributed by atoms with Gasteiger partial charge in [-0.15, -0.1) is 0 Å². The highest BCUT2D eigenvalue weighted by Crippen LogP contribution is 2.45. The second kappa shape index (κ2) is 4.06. The molecule has 1 spiro atoms. The molecule has 0 aromatic rings. The van der Waals surface area contributed by atoms with E-state index in [0.717, 1.165) is 6.04 Å². The molecule has 0 bridgehead atoms. The lowest BCUT2D eigenvalue weighted by Gasteiger charge is -2.45. The smallest absolute Gasteiger partial charge is 0.00786 e. The van der Waals surface area contributed by atoms with E-state index in [1.165, 1.54) is 45.3 Å². The fourth-order valence-electron chi connectivity index (χ4n) is 2.93. The van der Waals surface area contributed by atoms with Gasteiger partial charge in [0.05, 0.1) is 0 Å². The van der Waals surface area contributed by atoms with Crippen LogP contribution in [0.4, 0.5) is 0 Å². The van der Waals surface area contributed by atoms with Crippen LogP contribution in [0.2, 0.25) is 0 Å². The van der Waals surface area contributed by atoms with E-state index in [4.69, 9.17) is 0 Å². The van der Waals surface area contributed by atoms with E-state index in [0.29, 0.717) is 10.8 Å². The maximum atomic E-state index is 3.70. The molecule has 0 atom stereocenters. The summed E-state index contributed by atoms with van der Waals surface area (Å²) in [6.07, 6.45) is 5.51. The molecule has 1 aliphatic carbocycles. The van der Waals surface area contributed by atoms with Gasteiger partial charge in [-0.3, -0.25) is 0 Å². The number of rotatable bonds is 3. The van der Waals surface area contributed by atoms with Crippen LogP contribution in [0, 0.1) is 10.8 Å². The minimum absolute atomic E-state index is 0.476. The maximum Gasteiger partial charge on any atom is 0.00786 e.